The lowest BCUT2D eigenvalue weighted by Gasteiger charge is -2.09. The monoisotopic (exact) mass is 358 g/mol. The predicted octanol–water partition coefficient (Wildman–Crippen LogP) is 4.78. The number of nitrogens with one attached hydrogen (secondary N) is 2. The van der Waals surface area contributed by atoms with Crippen LogP contribution in [-0.2, 0) is 0 Å². The quantitative estimate of drug-likeness (QED) is 0.704. The Kier molecular flexibility index (Phi) is 4.93. The highest BCUT2D eigenvalue weighted by molar-refractivity contribution is 6.35. The van der Waals surface area contributed by atoms with Crippen molar-refractivity contribution in [2.24, 2.45) is 0 Å². The fraction of sp³-hybridized carbons (Fsp3) is 0. The Bertz CT molecular complexity index is 834. The number of anilines is 3. The van der Waals surface area contributed by atoms with Crippen molar-refractivity contribution < 1.29 is 4.79 Å². The number of pyridine rings is 2. The van der Waals surface area contributed by atoms with Gasteiger partial charge in [0, 0.05) is 28.1 Å². The van der Waals surface area contributed by atoms with Crippen LogP contribution < -0.4 is 10.6 Å². The molecule has 0 aliphatic heterocycles. The molecule has 24 heavy (non-hydrogen) atoms. The standard InChI is InChI=1S/C17H12Cl2N4O/c18-12-6-13(19)8-15(7-12)22-14-3-4-16(21-10-14)23-17(24)11-2-1-5-20-9-11/h1-10,22H,(H,21,23,24). The van der Waals surface area contributed by atoms with Crippen molar-refractivity contribution in [3.05, 3.63) is 76.7 Å². The summed E-state index contributed by atoms with van der Waals surface area (Å²) in [6.07, 6.45) is 4.71. The van der Waals surface area contributed by atoms with E-state index in [1.165, 1.54) is 6.20 Å². The molecule has 2 aromatic heterocycles. The summed E-state index contributed by atoms with van der Waals surface area (Å²) in [6.45, 7) is 0. The van der Waals surface area contributed by atoms with Crippen LogP contribution in [0.25, 0.3) is 0 Å². The largest absolute Gasteiger partial charge is 0.354 e. The lowest BCUT2D eigenvalue weighted by molar-refractivity contribution is 0.102. The summed E-state index contributed by atoms with van der Waals surface area (Å²) in [4.78, 5) is 20.1. The lowest BCUT2D eigenvalue weighted by Crippen LogP contribution is -2.13. The third kappa shape index (κ3) is 4.22. The van der Waals surface area contributed by atoms with Crippen molar-refractivity contribution in [2.45, 2.75) is 0 Å². The molecule has 0 spiro atoms. The van der Waals surface area contributed by atoms with Crippen LogP contribution in [0.3, 0.4) is 0 Å². The minimum absolute atomic E-state index is 0.266. The average molecular weight is 359 g/mol. The van der Waals surface area contributed by atoms with Gasteiger partial charge in [0.25, 0.3) is 5.91 Å². The van der Waals surface area contributed by atoms with Crippen LogP contribution in [0.15, 0.2) is 61.1 Å². The molecule has 0 unspecified atom stereocenters. The highest BCUT2D eigenvalue weighted by atomic mass is 35.5. The number of rotatable bonds is 4. The van der Waals surface area contributed by atoms with Crippen LogP contribution in [-0.4, -0.2) is 15.9 Å². The number of carbonyl (C=O) groups is 1. The molecule has 0 atom stereocenters. The van der Waals surface area contributed by atoms with Crippen molar-refractivity contribution in [1.29, 1.82) is 0 Å². The van der Waals surface area contributed by atoms with Crippen molar-refractivity contribution in [3.63, 3.8) is 0 Å². The summed E-state index contributed by atoms with van der Waals surface area (Å²) >= 11 is 11.9. The number of aromatic nitrogens is 2. The number of hydrogen-bond acceptors (Lipinski definition) is 4. The van der Waals surface area contributed by atoms with Crippen LogP contribution >= 0.6 is 23.2 Å². The SMILES string of the molecule is O=C(Nc1ccc(Nc2cc(Cl)cc(Cl)c2)cn1)c1cccnc1. The molecular weight excluding hydrogens is 347 g/mol. The van der Waals surface area contributed by atoms with E-state index in [0.29, 0.717) is 21.4 Å². The van der Waals surface area contributed by atoms with Crippen LogP contribution in [0, 0.1) is 0 Å². The molecule has 3 aromatic rings. The van der Waals surface area contributed by atoms with Gasteiger partial charge in [0.05, 0.1) is 17.4 Å². The van der Waals surface area contributed by atoms with Crippen LogP contribution in [0.1, 0.15) is 10.4 Å². The first kappa shape index (κ1) is 16.2. The van der Waals surface area contributed by atoms with Gasteiger partial charge in [-0.3, -0.25) is 9.78 Å². The predicted molar refractivity (Wildman–Crippen MR) is 96.2 cm³/mol. The second kappa shape index (κ2) is 7.29. The van der Waals surface area contributed by atoms with Gasteiger partial charge in [-0.15, -0.1) is 0 Å². The Morgan fingerprint density at radius 2 is 1.75 bits per heavy atom. The second-order valence-corrected chi connectivity index (χ2v) is 5.78. The van der Waals surface area contributed by atoms with Crippen molar-refractivity contribution in [3.8, 4) is 0 Å². The smallest absolute Gasteiger partial charge is 0.258 e. The topological polar surface area (TPSA) is 66.9 Å². The number of benzene rings is 1. The van der Waals surface area contributed by atoms with E-state index in [9.17, 15) is 4.79 Å². The highest BCUT2D eigenvalue weighted by Gasteiger charge is 2.06. The maximum Gasteiger partial charge on any atom is 0.258 e. The Morgan fingerprint density at radius 3 is 2.38 bits per heavy atom. The Morgan fingerprint density at radius 1 is 0.958 bits per heavy atom. The average Bonchev–Trinajstić information content (AvgIpc) is 2.56. The van der Waals surface area contributed by atoms with Gasteiger partial charge in [-0.2, -0.15) is 0 Å². The number of amides is 1. The molecule has 1 amide bonds. The maximum atomic E-state index is 12.0. The lowest BCUT2D eigenvalue weighted by atomic mass is 10.2. The van der Waals surface area contributed by atoms with Gasteiger partial charge in [-0.05, 0) is 42.5 Å². The highest BCUT2D eigenvalue weighted by Crippen LogP contribution is 2.25. The van der Waals surface area contributed by atoms with Gasteiger partial charge in [0.15, 0.2) is 0 Å². The molecule has 3 rings (SSSR count). The molecule has 1 aromatic carbocycles. The summed E-state index contributed by atoms with van der Waals surface area (Å²) < 4.78 is 0. The minimum atomic E-state index is -0.266. The van der Waals surface area contributed by atoms with Gasteiger partial charge >= 0.3 is 0 Å². The van der Waals surface area contributed by atoms with Gasteiger partial charge in [0.2, 0.25) is 0 Å². The van der Waals surface area contributed by atoms with E-state index >= 15 is 0 Å². The molecule has 0 saturated heterocycles. The van der Waals surface area contributed by atoms with Gasteiger partial charge in [-0.1, -0.05) is 23.2 Å². The summed E-state index contributed by atoms with van der Waals surface area (Å²) in [6, 6.07) is 12.0. The van der Waals surface area contributed by atoms with Gasteiger partial charge in [0.1, 0.15) is 5.82 Å². The van der Waals surface area contributed by atoms with E-state index in [0.717, 1.165) is 11.4 Å². The summed E-state index contributed by atoms with van der Waals surface area (Å²) in [5, 5.41) is 6.93. The van der Waals surface area contributed by atoms with Gasteiger partial charge < -0.3 is 10.6 Å². The van der Waals surface area contributed by atoms with E-state index in [1.807, 2.05) is 0 Å². The van der Waals surface area contributed by atoms with Crippen LogP contribution in [0.2, 0.25) is 10.0 Å². The van der Waals surface area contributed by atoms with E-state index in [2.05, 4.69) is 20.6 Å². The molecule has 2 heterocycles. The van der Waals surface area contributed by atoms with Crippen molar-refractivity contribution in [2.75, 3.05) is 10.6 Å². The third-order valence-corrected chi connectivity index (χ3v) is 3.52. The van der Waals surface area contributed by atoms with E-state index in [1.54, 1.807) is 54.9 Å². The first-order chi connectivity index (χ1) is 11.6. The number of halogens is 2. The van der Waals surface area contributed by atoms with Crippen molar-refractivity contribution >= 4 is 46.3 Å². The zero-order valence-corrected chi connectivity index (χ0v) is 13.8. The molecule has 0 radical (unpaired) electrons. The molecule has 7 heteroatoms. The van der Waals surface area contributed by atoms with E-state index < -0.39 is 0 Å². The zero-order valence-electron chi connectivity index (χ0n) is 12.3. The molecule has 0 aliphatic rings. The van der Waals surface area contributed by atoms with Crippen molar-refractivity contribution in [1.82, 2.24) is 9.97 Å². The van der Waals surface area contributed by atoms with Crippen LogP contribution in [0.4, 0.5) is 17.2 Å². The molecule has 2 N–H and O–H groups in total. The molecule has 0 aliphatic carbocycles. The maximum absolute atomic E-state index is 12.0. The molecular formula is C17H12Cl2N4O. The van der Waals surface area contributed by atoms with E-state index in [4.69, 9.17) is 23.2 Å². The summed E-state index contributed by atoms with van der Waals surface area (Å²) in [5.74, 6) is 0.177. The second-order valence-electron chi connectivity index (χ2n) is 4.91. The molecule has 0 saturated carbocycles. The Balaban J connectivity index is 1.68. The van der Waals surface area contributed by atoms with Gasteiger partial charge in [-0.25, -0.2) is 4.98 Å². The minimum Gasteiger partial charge on any atom is -0.354 e. The normalized spacial score (nSPS) is 10.2. The molecule has 120 valence electrons. The number of carbonyl (C=O) groups excluding carboxylic acids is 1. The molecule has 0 bridgehead atoms. The number of nitrogens with zero attached hydrogens (tertiary/aromatic N) is 2. The first-order valence-corrected chi connectivity index (χ1v) is 7.76. The fourth-order valence-electron chi connectivity index (χ4n) is 2.02. The first-order valence-electron chi connectivity index (χ1n) is 7.01. The van der Waals surface area contributed by atoms with E-state index in [-0.39, 0.29) is 5.91 Å². The molecule has 5 nitrogen and oxygen atoms in total. The Hall–Kier alpha value is -2.63. The summed E-state index contributed by atoms with van der Waals surface area (Å²) in [5.41, 5.74) is 1.96. The zero-order chi connectivity index (χ0) is 16.9. The fourth-order valence-corrected chi connectivity index (χ4v) is 2.55. The van der Waals surface area contributed by atoms with Crippen LogP contribution in [0.5, 0.6) is 0 Å². The third-order valence-electron chi connectivity index (χ3n) is 3.08. The Labute approximate surface area is 148 Å². The number of hydrogen-bond donors (Lipinski definition) is 2. The summed E-state index contributed by atoms with van der Waals surface area (Å²) in [7, 11) is 0. The molecule has 0 fully saturated rings.